The van der Waals surface area contributed by atoms with Gasteiger partial charge in [0.1, 0.15) is 23.0 Å². The van der Waals surface area contributed by atoms with Crippen LogP contribution in [0.15, 0.2) is 60.7 Å². The van der Waals surface area contributed by atoms with Crippen LogP contribution in [0.5, 0.6) is 23.0 Å². The van der Waals surface area contributed by atoms with Crippen LogP contribution in [0.1, 0.15) is 151 Å². The van der Waals surface area contributed by atoms with Crippen LogP contribution in [0.3, 0.4) is 0 Å². The van der Waals surface area contributed by atoms with Crippen molar-refractivity contribution in [2.24, 2.45) is 0 Å². The zero-order valence-corrected chi connectivity index (χ0v) is 28.5. The first kappa shape index (κ1) is 33.0. The molecule has 0 atom stereocenters. The quantitative estimate of drug-likeness (QED) is 0.148. The Morgan fingerprint density at radius 3 is 1.32 bits per heavy atom. The van der Waals surface area contributed by atoms with Gasteiger partial charge in [0.15, 0.2) is 0 Å². The SMILES string of the molecule is CCC(c1cc(Cc2cc(C)ccc2O)c(O)c(C2CCCCC2)c1)c1cc(Cc2cc(C)ccc2O)c(O)c(C2CCCCC2)c1. The van der Waals surface area contributed by atoms with Crippen LogP contribution < -0.4 is 0 Å². The van der Waals surface area contributed by atoms with Gasteiger partial charge in [-0.15, -0.1) is 0 Å². The molecule has 47 heavy (non-hydrogen) atoms. The van der Waals surface area contributed by atoms with Gasteiger partial charge in [-0.05, 0) is 114 Å². The Balaban J connectivity index is 1.48. The van der Waals surface area contributed by atoms with Crippen molar-refractivity contribution in [2.75, 3.05) is 0 Å². The minimum Gasteiger partial charge on any atom is -0.508 e. The lowest BCUT2D eigenvalue weighted by atomic mass is 9.77. The van der Waals surface area contributed by atoms with E-state index in [1.54, 1.807) is 12.1 Å². The summed E-state index contributed by atoms with van der Waals surface area (Å²) in [6.07, 6.45) is 13.3. The van der Waals surface area contributed by atoms with Gasteiger partial charge in [-0.25, -0.2) is 0 Å². The van der Waals surface area contributed by atoms with Crippen molar-refractivity contribution >= 4 is 0 Å². The number of phenols is 4. The third-order valence-corrected chi connectivity index (χ3v) is 11.0. The molecule has 4 nitrogen and oxygen atoms in total. The molecule has 2 aliphatic rings. The van der Waals surface area contributed by atoms with Gasteiger partial charge in [0.05, 0.1) is 0 Å². The van der Waals surface area contributed by atoms with E-state index in [9.17, 15) is 20.4 Å². The molecule has 0 spiro atoms. The van der Waals surface area contributed by atoms with Crippen LogP contribution in [-0.2, 0) is 12.8 Å². The van der Waals surface area contributed by atoms with Crippen molar-refractivity contribution in [1.29, 1.82) is 0 Å². The fourth-order valence-electron chi connectivity index (χ4n) is 8.40. The van der Waals surface area contributed by atoms with E-state index in [0.29, 0.717) is 36.2 Å². The molecular formula is C43H52O4. The molecule has 0 bridgehead atoms. The number of aryl methyl sites for hydroxylation is 2. The zero-order chi connectivity index (χ0) is 33.1. The molecule has 0 heterocycles. The average Bonchev–Trinajstić information content (AvgIpc) is 3.08. The van der Waals surface area contributed by atoms with Gasteiger partial charge in [-0.1, -0.05) is 105 Å². The maximum absolute atomic E-state index is 11.8. The lowest BCUT2D eigenvalue weighted by Gasteiger charge is -2.28. The fraction of sp³-hybridized carbons (Fsp3) is 0.442. The molecule has 6 rings (SSSR count). The van der Waals surface area contributed by atoms with Crippen LogP contribution in [0.4, 0.5) is 0 Å². The highest BCUT2D eigenvalue weighted by Crippen LogP contribution is 2.46. The lowest BCUT2D eigenvalue weighted by Crippen LogP contribution is -2.11. The Kier molecular flexibility index (Phi) is 10.2. The Bertz CT molecular complexity index is 1580. The van der Waals surface area contributed by atoms with E-state index in [2.05, 4.69) is 31.2 Å². The predicted octanol–water partition coefficient (Wildman–Crippen LogP) is 10.9. The number of hydrogen-bond donors (Lipinski definition) is 4. The summed E-state index contributed by atoms with van der Waals surface area (Å²) in [4.78, 5) is 0. The second-order valence-corrected chi connectivity index (χ2v) is 14.5. The van der Waals surface area contributed by atoms with E-state index in [-0.39, 0.29) is 17.4 Å². The smallest absolute Gasteiger partial charge is 0.122 e. The summed E-state index contributed by atoms with van der Waals surface area (Å²) in [6, 6.07) is 20.2. The molecule has 2 fully saturated rings. The van der Waals surface area contributed by atoms with Crippen molar-refractivity contribution in [3.8, 4) is 23.0 Å². The molecule has 0 radical (unpaired) electrons. The van der Waals surface area contributed by atoms with E-state index in [1.165, 1.54) is 49.7 Å². The minimum atomic E-state index is 0.0654. The lowest BCUT2D eigenvalue weighted by molar-refractivity contribution is 0.410. The molecule has 4 heteroatoms. The van der Waals surface area contributed by atoms with Crippen LogP contribution in [0.25, 0.3) is 0 Å². The number of benzene rings is 4. The summed E-state index contributed by atoms with van der Waals surface area (Å²) < 4.78 is 0. The topological polar surface area (TPSA) is 80.9 Å². The largest absolute Gasteiger partial charge is 0.508 e. The van der Waals surface area contributed by atoms with Crippen molar-refractivity contribution in [1.82, 2.24) is 0 Å². The summed E-state index contributed by atoms with van der Waals surface area (Å²) in [5, 5.41) is 45.1. The third-order valence-electron chi connectivity index (χ3n) is 11.0. The molecule has 0 saturated heterocycles. The third kappa shape index (κ3) is 7.32. The Morgan fingerprint density at radius 2 is 0.936 bits per heavy atom. The standard InChI is InChI=1S/C43H52O4/c1-4-37(31-21-35(23-33-19-27(2)15-17-40(33)44)42(46)38(25-31)29-11-7-5-8-12-29)32-22-36(24-34-20-28(3)16-18-41(34)45)43(47)39(26-32)30-13-9-6-10-14-30/h15-22,25-26,29-30,37,44-47H,4-14,23-24H2,1-3H3. The fourth-order valence-corrected chi connectivity index (χ4v) is 8.40. The maximum Gasteiger partial charge on any atom is 0.122 e. The van der Waals surface area contributed by atoms with Crippen LogP contribution in [0, 0.1) is 13.8 Å². The van der Waals surface area contributed by atoms with Crippen LogP contribution in [-0.4, -0.2) is 20.4 Å². The highest BCUT2D eigenvalue weighted by molar-refractivity contribution is 5.55. The summed E-state index contributed by atoms with van der Waals surface area (Å²) in [7, 11) is 0. The summed E-state index contributed by atoms with van der Waals surface area (Å²) in [6.45, 7) is 6.29. The predicted molar refractivity (Wildman–Crippen MR) is 191 cm³/mol. The van der Waals surface area contributed by atoms with Gasteiger partial charge >= 0.3 is 0 Å². The Morgan fingerprint density at radius 1 is 0.532 bits per heavy atom. The first-order chi connectivity index (χ1) is 22.7. The molecule has 4 aromatic carbocycles. The van der Waals surface area contributed by atoms with Crippen LogP contribution >= 0.6 is 0 Å². The second kappa shape index (κ2) is 14.5. The zero-order valence-electron chi connectivity index (χ0n) is 28.5. The van der Waals surface area contributed by atoms with Crippen molar-refractivity contribution in [2.45, 2.75) is 122 Å². The molecule has 0 amide bonds. The van der Waals surface area contributed by atoms with Crippen LogP contribution in [0.2, 0.25) is 0 Å². The molecular weight excluding hydrogens is 580 g/mol. The number of phenolic OH excluding ortho intramolecular Hbond substituents is 4. The average molecular weight is 633 g/mol. The molecule has 2 saturated carbocycles. The van der Waals surface area contributed by atoms with E-state index in [4.69, 9.17) is 0 Å². The van der Waals surface area contributed by atoms with E-state index in [0.717, 1.165) is 76.6 Å². The monoisotopic (exact) mass is 632 g/mol. The van der Waals surface area contributed by atoms with Crippen molar-refractivity contribution < 1.29 is 20.4 Å². The first-order valence-corrected chi connectivity index (χ1v) is 18.0. The number of rotatable bonds is 9. The molecule has 4 N–H and O–H groups in total. The highest BCUT2D eigenvalue weighted by Gasteiger charge is 2.27. The molecule has 248 valence electrons. The number of aromatic hydroxyl groups is 4. The Labute approximate surface area is 281 Å². The van der Waals surface area contributed by atoms with Crippen molar-refractivity contribution in [3.05, 3.63) is 116 Å². The second-order valence-electron chi connectivity index (χ2n) is 14.5. The molecule has 0 aromatic heterocycles. The maximum atomic E-state index is 11.8. The van der Waals surface area contributed by atoms with Gasteiger partial charge in [-0.3, -0.25) is 0 Å². The summed E-state index contributed by atoms with van der Waals surface area (Å²) >= 11 is 0. The molecule has 0 aliphatic heterocycles. The first-order valence-electron chi connectivity index (χ1n) is 18.0. The normalized spacial score (nSPS) is 16.2. The van der Waals surface area contributed by atoms with Gasteiger partial charge in [-0.2, -0.15) is 0 Å². The summed E-state index contributed by atoms with van der Waals surface area (Å²) in [5.41, 5.74) is 9.97. The van der Waals surface area contributed by atoms with Crippen molar-refractivity contribution in [3.63, 3.8) is 0 Å². The molecule has 0 unspecified atom stereocenters. The van der Waals surface area contributed by atoms with Gasteiger partial charge < -0.3 is 20.4 Å². The van der Waals surface area contributed by atoms with E-state index in [1.807, 2.05) is 38.1 Å². The van der Waals surface area contributed by atoms with Gasteiger partial charge in [0.2, 0.25) is 0 Å². The molecule has 2 aliphatic carbocycles. The summed E-state index contributed by atoms with van der Waals surface area (Å²) in [5.74, 6) is 1.97. The van der Waals surface area contributed by atoms with Gasteiger partial charge in [0.25, 0.3) is 0 Å². The minimum absolute atomic E-state index is 0.0654. The van der Waals surface area contributed by atoms with Gasteiger partial charge in [0, 0.05) is 18.8 Å². The number of hydrogen-bond acceptors (Lipinski definition) is 4. The molecule has 4 aromatic rings. The Hall–Kier alpha value is -3.92. The van der Waals surface area contributed by atoms with E-state index < -0.39 is 0 Å². The van der Waals surface area contributed by atoms with E-state index >= 15 is 0 Å². The highest BCUT2D eigenvalue weighted by atomic mass is 16.3.